The van der Waals surface area contributed by atoms with Crippen LogP contribution in [0, 0.1) is 0 Å². The van der Waals surface area contributed by atoms with E-state index in [2.05, 4.69) is 0 Å². The molecule has 0 bridgehead atoms. The van der Waals surface area contributed by atoms with Gasteiger partial charge < -0.3 is 25.8 Å². The minimum absolute atomic E-state index is 0.239. The summed E-state index contributed by atoms with van der Waals surface area (Å²) < 4.78 is 5.05. The Kier molecular flexibility index (Phi) is 5.57. The summed E-state index contributed by atoms with van der Waals surface area (Å²) in [6, 6.07) is 6.43. The molecular formula is C12H17NO5. The first kappa shape index (κ1) is 14.4. The molecule has 5 N–H and O–H groups in total. The molecule has 1 aromatic carbocycles. The highest BCUT2D eigenvalue weighted by molar-refractivity contribution is 5.68. The number of rotatable bonds is 7. The molecule has 1 rings (SSSR count). The van der Waals surface area contributed by atoms with Gasteiger partial charge in [-0.05, 0) is 19.0 Å². The zero-order valence-corrected chi connectivity index (χ0v) is 9.82. The molecule has 0 aromatic heterocycles. The van der Waals surface area contributed by atoms with E-state index >= 15 is 0 Å². The SMILES string of the molecule is NCCC(O)C(O)c1ccccc1OCC(=O)O. The number of carbonyl (C=O) groups is 1. The van der Waals surface area contributed by atoms with Gasteiger partial charge in [-0.15, -0.1) is 0 Å². The van der Waals surface area contributed by atoms with Gasteiger partial charge in [0.05, 0.1) is 6.10 Å². The average Bonchev–Trinajstić information content (AvgIpc) is 2.36. The fourth-order valence-corrected chi connectivity index (χ4v) is 1.53. The van der Waals surface area contributed by atoms with Gasteiger partial charge in [0.1, 0.15) is 11.9 Å². The molecule has 0 saturated heterocycles. The number of aliphatic hydroxyl groups is 2. The number of carboxylic acid groups (broad SMARTS) is 1. The van der Waals surface area contributed by atoms with Gasteiger partial charge in [-0.1, -0.05) is 18.2 Å². The van der Waals surface area contributed by atoms with Crippen LogP contribution in [0.4, 0.5) is 0 Å². The lowest BCUT2D eigenvalue weighted by Crippen LogP contribution is -2.22. The Morgan fingerprint density at radius 3 is 2.61 bits per heavy atom. The monoisotopic (exact) mass is 255 g/mol. The minimum atomic E-state index is -1.15. The second kappa shape index (κ2) is 6.95. The van der Waals surface area contributed by atoms with Gasteiger partial charge in [0, 0.05) is 5.56 Å². The van der Waals surface area contributed by atoms with E-state index in [0.29, 0.717) is 5.56 Å². The Morgan fingerprint density at radius 2 is 2.00 bits per heavy atom. The number of nitrogens with two attached hydrogens (primary N) is 1. The number of hydrogen-bond donors (Lipinski definition) is 4. The van der Waals surface area contributed by atoms with Crippen molar-refractivity contribution in [2.24, 2.45) is 5.73 Å². The van der Waals surface area contributed by atoms with E-state index in [1.807, 2.05) is 0 Å². The lowest BCUT2D eigenvalue weighted by Gasteiger charge is -2.20. The van der Waals surface area contributed by atoms with Gasteiger partial charge in [-0.2, -0.15) is 0 Å². The Balaban J connectivity index is 2.83. The highest BCUT2D eigenvalue weighted by atomic mass is 16.5. The second-order valence-corrected chi connectivity index (χ2v) is 3.81. The largest absolute Gasteiger partial charge is 0.482 e. The van der Waals surface area contributed by atoms with Gasteiger partial charge in [-0.25, -0.2) is 4.79 Å². The number of ether oxygens (including phenoxy) is 1. The number of benzene rings is 1. The van der Waals surface area contributed by atoms with Gasteiger partial charge in [0.15, 0.2) is 6.61 Å². The molecule has 18 heavy (non-hydrogen) atoms. The highest BCUT2D eigenvalue weighted by Crippen LogP contribution is 2.28. The summed E-state index contributed by atoms with van der Waals surface area (Å²) in [6.07, 6.45) is -1.92. The minimum Gasteiger partial charge on any atom is -0.482 e. The van der Waals surface area contributed by atoms with E-state index in [1.165, 1.54) is 6.07 Å². The number of aliphatic hydroxyl groups excluding tert-OH is 2. The van der Waals surface area contributed by atoms with Crippen LogP contribution in [0.1, 0.15) is 18.1 Å². The summed E-state index contributed by atoms with van der Waals surface area (Å²) in [5.74, 6) is -0.870. The lowest BCUT2D eigenvalue weighted by atomic mass is 10.0. The van der Waals surface area contributed by atoms with Gasteiger partial charge in [-0.3, -0.25) is 0 Å². The third kappa shape index (κ3) is 3.99. The highest BCUT2D eigenvalue weighted by Gasteiger charge is 2.21. The number of hydrogen-bond acceptors (Lipinski definition) is 5. The average molecular weight is 255 g/mol. The molecule has 1 aromatic rings. The molecule has 2 unspecified atom stereocenters. The van der Waals surface area contributed by atoms with E-state index in [1.54, 1.807) is 18.2 Å². The fraction of sp³-hybridized carbons (Fsp3) is 0.417. The van der Waals surface area contributed by atoms with Crippen molar-refractivity contribution in [2.45, 2.75) is 18.6 Å². The normalized spacial score (nSPS) is 13.9. The van der Waals surface area contributed by atoms with Crippen LogP contribution in [0.3, 0.4) is 0 Å². The smallest absolute Gasteiger partial charge is 0.341 e. The molecule has 2 atom stereocenters. The fourth-order valence-electron chi connectivity index (χ4n) is 1.53. The molecule has 0 saturated carbocycles. The third-order valence-electron chi connectivity index (χ3n) is 2.42. The van der Waals surface area contributed by atoms with Crippen LogP contribution >= 0.6 is 0 Å². The molecule has 6 nitrogen and oxygen atoms in total. The molecule has 0 aliphatic heterocycles. The zero-order valence-electron chi connectivity index (χ0n) is 9.82. The molecule has 100 valence electrons. The van der Waals surface area contributed by atoms with E-state index in [0.717, 1.165) is 0 Å². The number of para-hydroxylation sites is 1. The van der Waals surface area contributed by atoms with Crippen LogP contribution in [0.15, 0.2) is 24.3 Å². The van der Waals surface area contributed by atoms with Crippen molar-refractivity contribution in [3.63, 3.8) is 0 Å². The van der Waals surface area contributed by atoms with Crippen molar-refractivity contribution in [3.05, 3.63) is 29.8 Å². The summed E-state index contributed by atoms with van der Waals surface area (Å²) in [7, 11) is 0. The molecule has 0 fully saturated rings. The lowest BCUT2D eigenvalue weighted by molar-refractivity contribution is -0.139. The first-order valence-electron chi connectivity index (χ1n) is 5.56. The van der Waals surface area contributed by atoms with E-state index < -0.39 is 24.8 Å². The molecule has 0 amide bonds. The molecule has 6 heteroatoms. The summed E-state index contributed by atoms with van der Waals surface area (Å²) >= 11 is 0. The number of carboxylic acids is 1. The zero-order chi connectivity index (χ0) is 13.5. The maximum Gasteiger partial charge on any atom is 0.341 e. The first-order chi connectivity index (χ1) is 8.56. The Bertz CT molecular complexity index is 396. The summed E-state index contributed by atoms with van der Waals surface area (Å²) in [5, 5.41) is 28.1. The van der Waals surface area contributed by atoms with Crippen LogP contribution in [0.25, 0.3) is 0 Å². The Labute approximate surface area is 105 Å². The molecule has 0 aliphatic carbocycles. The van der Waals surface area contributed by atoms with Crippen LogP contribution in [0.5, 0.6) is 5.75 Å². The molecule has 0 heterocycles. The van der Waals surface area contributed by atoms with Crippen LogP contribution < -0.4 is 10.5 Å². The topological polar surface area (TPSA) is 113 Å². The summed E-state index contributed by atoms with van der Waals surface area (Å²) in [5.41, 5.74) is 5.65. The summed E-state index contributed by atoms with van der Waals surface area (Å²) in [6.45, 7) is -0.257. The van der Waals surface area contributed by atoms with Crippen molar-refractivity contribution in [1.82, 2.24) is 0 Å². The van der Waals surface area contributed by atoms with Crippen molar-refractivity contribution in [2.75, 3.05) is 13.2 Å². The maximum atomic E-state index is 10.4. The standard InChI is InChI=1S/C12H17NO5/c13-6-5-9(14)12(17)8-3-1-2-4-10(8)18-7-11(15)16/h1-4,9,12,14,17H,5-7,13H2,(H,15,16). The van der Waals surface area contributed by atoms with Crippen LogP contribution in [-0.2, 0) is 4.79 Å². The van der Waals surface area contributed by atoms with Crippen molar-refractivity contribution in [1.29, 1.82) is 0 Å². The van der Waals surface area contributed by atoms with E-state index in [4.69, 9.17) is 15.6 Å². The van der Waals surface area contributed by atoms with Crippen molar-refractivity contribution < 1.29 is 24.9 Å². The Morgan fingerprint density at radius 1 is 1.33 bits per heavy atom. The molecular weight excluding hydrogens is 238 g/mol. The molecule has 0 aliphatic rings. The van der Waals surface area contributed by atoms with Crippen LogP contribution in [-0.4, -0.2) is 40.5 Å². The predicted molar refractivity (Wildman–Crippen MR) is 64.2 cm³/mol. The number of aliphatic carboxylic acids is 1. The van der Waals surface area contributed by atoms with E-state index in [9.17, 15) is 15.0 Å². The van der Waals surface area contributed by atoms with Crippen molar-refractivity contribution in [3.8, 4) is 5.75 Å². The molecule has 0 spiro atoms. The Hall–Kier alpha value is -1.63. The van der Waals surface area contributed by atoms with Gasteiger partial charge >= 0.3 is 5.97 Å². The van der Waals surface area contributed by atoms with Crippen LogP contribution in [0.2, 0.25) is 0 Å². The maximum absolute atomic E-state index is 10.4. The first-order valence-corrected chi connectivity index (χ1v) is 5.56. The van der Waals surface area contributed by atoms with Gasteiger partial charge in [0.2, 0.25) is 0 Å². The van der Waals surface area contributed by atoms with Crippen molar-refractivity contribution >= 4 is 5.97 Å². The quantitative estimate of drug-likeness (QED) is 0.541. The van der Waals surface area contributed by atoms with Gasteiger partial charge in [0.25, 0.3) is 0 Å². The third-order valence-corrected chi connectivity index (χ3v) is 2.42. The van der Waals surface area contributed by atoms with E-state index in [-0.39, 0.29) is 18.7 Å². The second-order valence-electron chi connectivity index (χ2n) is 3.81. The summed E-state index contributed by atoms with van der Waals surface area (Å²) in [4.78, 5) is 10.4. The molecule has 0 radical (unpaired) electrons. The predicted octanol–water partition coefficient (Wildman–Crippen LogP) is -0.107.